The highest BCUT2D eigenvalue weighted by Gasteiger charge is 2.48. The van der Waals surface area contributed by atoms with E-state index in [9.17, 15) is 9.59 Å². The molecule has 7 nitrogen and oxygen atoms in total. The first kappa shape index (κ1) is 17.1. The zero-order valence-corrected chi connectivity index (χ0v) is 14.5. The monoisotopic (exact) mass is 334 g/mol. The fraction of sp³-hybridized carbons (Fsp3) is 0.706. The first-order valence-corrected chi connectivity index (χ1v) is 8.60. The van der Waals surface area contributed by atoms with Gasteiger partial charge in [0.05, 0.1) is 17.7 Å². The molecule has 2 aliphatic rings. The van der Waals surface area contributed by atoms with Crippen molar-refractivity contribution in [3.05, 3.63) is 27.9 Å². The Bertz CT molecular complexity index is 659. The molecule has 2 fully saturated rings. The van der Waals surface area contributed by atoms with E-state index in [1.165, 1.54) is 0 Å². The average molecular weight is 334 g/mol. The third kappa shape index (κ3) is 3.52. The predicted molar refractivity (Wildman–Crippen MR) is 89.6 cm³/mol. The van der Waals surface area contributed by atoms with E-state index >= 15 is 0 Å². The Morgan fingerprint density at radius 2 is 2.17 bits per heavy atom. The zero-order chi connectivity index (χ0) is 17.2. The minimum absolute atomic E-state index is 0.120. The smallest absolute Gasteiger partial charge is 0.251 e. The summed E-state index contributed by atoms with van der Waals surface area (Å²) in [6, 6.07) is 1.55. The Hall–Kier alpha value is -1.73. The lowest BCUT2D eigenvalue weighted by Gasteiger charge is -2.39. The lowest BCUT2D eigenvalue weighted by atomic mass is 9.78. The van der Waals surface area contributed by atoms with Crippen molar-refractivity contribution in [3.8, 4) is 0 Å². The maximum Gasteiger partial charge on any atom is 0.251 e. The number of rotatable bonds is 5. The number of likely N-dealkylation sites (tertiary alicyclic amines) is 2. The number of carbonyl (C=O) groups excluding carboxylic acids is 1. The Labute approximate surface area is 142 Å². The van der Waals surface area contributed by atoms with Gasteiger partial charge >= 0.3 is 0 Å². The van der Waals surface area contributed by atoms with Crippen molar-refractivity contribution in [1.82, 2.24) is 19.8 Å². The minimum Gasteiger partial charge on any atom is -0.383 e. The number of hydrogen-bond acceptors (Lipinski definition) is 5. The van der Waals surface area contributed by atoms with Crippen molar-refractivity contribution in [1.29, 1.82) is 0 Å². The van der Waals surface area contributed by atoms with Gasteiger partial charge in [-0.3, -0.25) is 14.5 Å². The Kier molecular flexibility index (Phi) is 5.01. The van der Waals surface area contributed by atoms with Gasteiger partial charge in [0.25, 0.3) is 5.56 Å². The van der Waals surface area contributed by atoms with Crippen LogP contribution in [-0.2, 0) is 16.1 Å². The van der Waals surface area contributed by atoms with E-state index in [4.69, 9.17) is 4.74 Å². The van der Waals surface area contributed by atoms with E-state index in [1.807, 2.05) is 4.90 Å². The van der Waals surface area contributed by atoms with Crippen molar-refractivity contribution >= 4 is 5.91 Å². The molecule has 1 N–H and O–H groups in total. The average Bonchev–Trinajstić information content (AvgIpc) is 2.92. The van der Waals surface area contributed by atoms with E-state index in [1.54, 1.807) is 20.1 Å². The lowest BCUT2D eigenvalue weighted by molar-refractivity contribution is -0.146. The fourth-order valence-electron chi connectivity index (χ4n) is 3.99. The number of aromatic nitrogens is 2. The lowest BCUT2D eigenvalue weighted by Crippen LogP contribution is -2.50. The molecule has 2 aliphatic heterocycles. The van der Waals surface area contributed by atoms with Gasteiger partial charge in [-0.1, -0.05) is 0 Å². The van der Waals surface area contributed by atoms with Crippen LogP contribution in [-0.4, -0.2) is 65.6 Å². The molecule has 1 aromatic heterocycles. The van der Waals surface area contributed by atoms with Crippen LogP contribution in [0.1, 0.15) is 30.8 Å². The summed E-state index contributed by atoms with van der Waals surface area (Å²) in [6.07, 6.45) is 2.89. The number of aryl methyl sites for hydroxylation is 1. The molecule has 3 heterocycles. The molecular formula is C17H26N4O3. The molecule has 7 heteroatoms. The quantitative estimate of drug-likeness (QED) is 0.850. The standard InChI is InChI=1S/C17H26N4O3/c1-13-18-14(10-15(22)19-13)11-20-7-5-17(12-20)4-3-6-21(16(17)23)8-9-24-2/h10H,3-9,11-12H2,1-2H3,(H,18,19,22)/t17-/m0/s1. The zero-order valence-electron chi connectivity index (χ0n) is 14.5. The second kappa shape index (κ2) is 7.03. The molecule has 24 heavy (non-hydrogen) atoms. The van der Waals surface area contributed by atoms with Crippen molar-refractivity contribution in [2.75, 3.05) is 39.9 Å². The maximum absolute atomic E-state index is 12.9. The van der Waals surface area contributed by atoms with Gasteiger partial charge in [-0.05, 0) is 32.7 Å². The molecule has 1 aromatic rings. The molecule has 1 atom stereocenters. The fourth-order valence-corrected chi connectivity index (χ4v) is 3.99. The molecule has 0 radical (unpaired) electrons. The van der Waals surface area contributed by atoms with Crippen molar-refractivity contribution in [2.24, 2.45) is 5.41 Å². The van der Waals surface area contributed by atoms with Gasteiger partial charge in [-0.25, -0.2) is 4.98 Å². The number of methoxy groups -OCH3 is 1. The molecule has 0 unspecified atom stereocenters. The van der Waals surface area contributed by atoms with Crippen LogP contribution in [0.5, 0.6) is 0 Å². The van der Waals surface area contributed by atoms with Crippen LogP contribution in [0.15, 0.2) is 10.9 Å². The summed E-state index contributed by atoms with van der Waals surface area (Å²) in [5.74, 6) is 0.897. The van der Waals surface area contributed by atoms with Gasteiger partial charge in [0.1, 0.15) is 5.82 Å². The summed E-state index contributed by atoms with van der Waals surface area (Å²) >= 11 is 0. The molecule has 0 bridgehead atoms. The summed E-state index contributed by atoms with van der Waals surface area (Å²) in [5, 5.41) is 0. The Morgan fingerprint density at radius 3 is 2.92 bits per heavy atom. The van der Waals surface area contributed by atoms with Gasteiger partial charge < -0.3 is 14.6 Å². The largest absolute Gasteiger partial charge is 0.383 e. The summed E-state index contributed by atoms with van der Waals surface area (Å²) < 4.78 is 5.12. The van der Waals surface area contributed by atoms with Crippen LogP contribution in [0.25, 0.3) is 0 Å². The predicted octanol–water partition coefficient (Wildman–Crippen LogP) is 0.539. The highest BCUT2D eigenvalue weighted by molar-refractivity contribution is 5.84. The van der Waals surface area contributed by atoms with Gasteiger partial charge in [-0.15, -0.1) is 0 Å². The SMILES string of the molecule is COCCN1CCC[C@@]2(CCN(Cc3cc(=O)[nH]c(C)n3)C2)C1=O. The second-order valence-corrected chi connectivity index (χ2v) is 6.95. The van der Waals surface area contributed by atoms with Crippen LogP contribution in [0, 0.1) is 12.3 Å². The summed E-state index contributed by atoms with van der Waals surface area (Å²) in [5.41, 5.74) is 0.390. The second-order valence-electron chi connectivity index (χ2n) is 6.95. The number of carbonyl (C=O) groups is 1. The molecular weight excluding hydrogens is 308 g/mol. The normalized spacial score (nSPS) is 24.9. The van der Waals surface area contributed by atoms with Crippen LogP contribution < -0.4 is 5.56 Å². The third-order valence-corrected chi connectivity index (χ3v) is 5.12. The summed E-state index contributed by atoms with van der Waals surface area (Å²) in [6.45, 7) is 6.12. The highest BCUT2D eigenvalue weighted by atomic mass is 16.5. The Balaban J connectivity index is 1.67. The number of hydrogen-bond donors (Lipinski definition) is 1. The van der Waals surface area contributed by atoms with E-state index in [0.717, 1.165) is 44.6 Å². The molecule has 1 amide bonds. The van der Waals surface area contributed by atoms with E-state index in [-0.39, 0.29) is 16.9 Å². The number of nitrogens with one attached hydrogen (secondary N) is 1. The van der Waals surface area contributed by atoms with E-state index < -0.39 is 0 Å². The Morgan fingerprint density at radius 1 is 1.33 bits per heavy atom. The maximum atomic E-state index is 12.9. The minimum atomic E-state index is -0.262. The van der Waals surface area contributed by atoms with E-state index in [0.29, 0.717) is 25.5 Å². The van der Waals surface area contributed by atoms with Crippen LogP contribution >= 0.6 is 0 Å². The summed E-state index contributed by atoms with van der Waals surface area (Å²) in [4.78, 5) is 35.8. The molecule has 2 saturated heterocycles. The van der Waals surface area contributed by atoms with Gasteiger partial charge in [0, 0.05) is 39.4 Å². The van der Waals surface area contributed by atoms with Crippen LogP contribution in [0.3, 0.4) is 0 Å². The number of piperidine rings is 1. The number of ether oxygens (including phenoxy) is 1. The summed E-state index contributed by atoms with van der Waals surface area (Å²) in [7, 11) is 1.66. The van der Waals surface area contributed by atoms with Crippen molar-refractivity contribution < 1.29 is 9.53 Å². The third-order valence-electron chi connectivity index (χ3n) is 5.12. The van der Waals surface area contributed by atoms with Crippen LogP contribution in [0.4, 0.5) is 0 Å². The van der Waals surface area contributed by atoms with Gasteiger partial charge in [-0.2, -0.15) is 0 Å². The van der Waals surface area contributed by atoms with Gasteiger partial charge in [0.2, 0.25) is 5.91 Å². The first-order valence-electron chi connectivity index (χ1n) is 8.60. The number of aromatic amines is 1. The number of amides is 1. The topological polar surface area (TPSA) is 78.5 Å². The van der Waals surface area contributed by atoms with E-state index in [2.05, 4.69) is 14.9 Å². The van der Waals surface area contributed by atoms with Crippen LogP contribution in [0.2, 0.25) is 0 Å². The van der Waals surface area contributed by atoms with Crippen molar-refractivity contribution in [3.63, 3.8) is 0 Å². The molecule has 1 spiro atoms. The first-order chi connectivity index (χ1) is 11.5. The van der Waals surface area contributed by atoms with Gasteiger partial charge in [0.15, 0.2) is 0 Å². The van der Waals surface area contributed by atoms with Crippen molar-refractivity contribution in [2.45, 2.75) is 32.7 Å². The number of H-pyrrole nitrogens is 1. The molecule has 0 aromatic carbocycles. The molecule has 0 saturated carbocycles. The molecule has 0 aliphatic carbocycles. The highest BCUT2D eigenvalue weighted by Crippen LogP contribution is 2.40. The molecule has 132 valence electrons. The molecule has 3 rings (SSSR count). The number of nitrogens with zero attached hydrogens (tertiary/aromatic N) is 3.